The molecule has 1 heterocycles. The smallest absolute Gasteiger partial charge is 0.325 e. The number of carboxylic acids is 1. The van der Waals surface area contributed by atoms with Crippen LogP contribution < -0.4 is 5.32 Å². The van der Waals surface area contributed by atoms with Gasteiger partial charge in [0.15, 0.2) is 0 Å². The standard InChI is InChI=1S/C14H16N2O4/c1-9-3-5-10(6-4-9)14(2)12(19)16(13(20)15-14)8-7-11(17)18/h3-6H,7-8H2,1-2H3,(H,15,20)(H,17,18). The van der Waals surface area contributed by atoms with Gasteiger partial charge in [0.2, 0.25) is 0 Å². The number of nitrogens with one attached hydrogen (secondary N) is 1. The highest BCUT2D eigenvalue weighted by atomic mass is 16.4. The maximum Gasteiger partial charge on any atom is 0.325 e. The van der Waals surface area contributed by atoms with Crippen LogP contribution in [0.3, 0.4) is 0 Å². The lowest BCUT2D eigenvalue weighted by atomic mass is 9.91. The number of rotatable bonds is 4. The highest BCUT2D eigenvalue weighted by Crippen LogP contribution is 2.28. The zero-order valence-electron chi connectivity index (χ0n) is 11.3. The van der Waals surface area contributed by atoms with E-state index < -0.39 is 23.4 Å². The van der Waals surface area contributed by atoms with E-state index in [4.69, 9.17) is 5.11 Å². The monoisotopic (exact) mass is 276 g/mol. The molecule has 6 heteroatoms. The Hall–Kier alpha value is -2.37. The molecule has 1 atom stereocenters. The molecule has 1 fully saturated rings. The van der Waals surface area contributed by atoms with Gasteiger partial charge < -0.3 is 10.4 Å². The Kier molecular flexibility index (Phi) is 3.48. The van der Waals surface area contributed by atoms with Crippen molar-refractivity contribution in [2.45, 2.75) is 25.8 Å². The van der Waals surface area contributed by atoms with Crippen molar-refractivity contribution in [1.82, 2.24) is 10.2 Å². The first-order valence-electron chi connectivity index (χ1n) is 6.27. The lowest BCUT2D eigenvalue weighted by molar-refractivity contribution is -0.138. The second-order valence-corrected chi connectivity index (χ2v) is 5.02. The summed E-state index contributed by atoms with van der Waals surface area (Å²) in [5.41, 5.74) is 0.597. The van der Waals surface area contributed by atoms with Gasteiger partial charge in [-0.2, -0.15) is 0 Å². The van der Waals surface area contributed by atoms with Gasteiger partial charge in [-0.25, -0.2) is 4.79 Å². The predicted octanol–water partition coefficient (Wildman–Crippen LogP) is 1.24. The van der Waals surface area contributed by atoms with Crippen LogP contribution >= 0.6 is 0 Å². The van der Waals surface area contributed by atoms with E-state index in [0.717, 1.165) is 10.5 Å². The van der Waals surface area contributed by atoms with Crippen LogP contribution in [0.15, 0.2) is 24.3 Å². The Balaban J connectivity index is 2.25. The van der Waals surface area contributed by atoms with E-state index >= 15 is 0 Å². The summed E-state index contributed by atoms with van der Waals surface area (Å²) in [6.07, 6.45) is -0.261. The normalized spacial score (nSPS) is 22.0. The molecule has 2 rings (SSSR count). The fourth-order valence-corrected chi connectivity index (χ4v) is 2.19. The average molecular weight is 276 g/mol. The van der Waals surface area contributed by atoms with Crippen LogP contribution in [0.5, 0.6) is 0 Å². The summed E-state index contributed by atoms with van der Waals surface area (Å²) >= 11 is 0. The van der Waals surface area contributed by atoms with Crippen LogP contribution in [-0.2, 0) is 15.1 Å². The SMILES string of the molecule is Cc1ccc(C2(C)NC(=O)N(CCC(=O)O)C2=O)cc1. The van der Waals surface area contributed by atoms with Gasteiger partial charge >= 0.3 is 12.0 Å². The first-order valence-corrected chi connectivity index (χ1v) is 6.27. The van der Waals surface area contributed by atoms with Gasteiger partial charge in [-0.05, 0) is 19.4 Å². The molecule has 1 aromatic rings. The number of imide groups is 1. The lowest BCUT2D eigenvalue weighted by Crippen LogP contribution is -2.41. The number of hydrogen-bond acceptors (Lipinski definition) is 3. The number of amides is 3. The van der Waals surface area contributed by atoms with Crippen LogP contribution in [0.4, 0.5) is 4.79 Å². The molecule has 1 aliphatic rings. The number of carbonyl (C=O) groups excluding carboxylic acids is 2. The predicted molar refractivity (Wildman–Crippen MR) is 71.0 cm³/mol. The van der Waals surface area contributed by atoms with Gasteiger partial charge in [-0.1, -0.05) is 29.8 Å². The van der Waals surface area contributed by atoms with Crippen molar-refractivity contribution < 1.29 is 19.5 Å². The number of urea groups is 1. The maximum atomic E-state index is 12.4. The van der Waals surface area contributed by atoms with Crippen molar-refractivity contribution in [2.75, 3.05) is 6.54 Å². The molecule has 0 aromatic heterocycles. The minimum Gasteiger partial charge on any atom is -0.481 e. The molecule has 0 saturated carbocycles. The van der Waals surface area contributed by atoms with Crippen molar-refractivity contribution in [3.63, 3.8) is 0 Å². The van der Waals surface area contributed by atoms with E-state index in [1.165, 1.54) is 0 Å². The average Bonchev–Trinajstić information content (AvgIpc) is 2.59. The number of aliphatic carboxylic acids is 1. The molecule has 0 aliphatic carbocycles. The van der Waals surface area contributed by atoms with Gasteiger partial charge in [0.25, 0.3) is 5.91 Å². The molecule has 0 bridgehead atoms. The molecule has 0 spiro atoms. The van der Waals surface area contributed by atoms with Gasteiger partial charge in [0, 0.05) is 6.54 Å². The van der Waals surface area contributed by atoms with E-state index in [1.807, 2.05) is 19.1 Å². The largest absolute Gasteiger partial charge is 0.481 e. The molecule has 106 valence electrons. The Labute approximate surface area is 116 Å². The second kappa shape index (κ2) is 4.96. The van der Waals surface area contributed by atoms with Gasteiger partial charge in [-0.15, -0.1) is 0 Å². The molecule has 1 aromatic carbocycles. The summed E-state index contributed by atoms with van der Waals surface area (Å²) in [4.78, 5) is 35.8. The van der Waals surface area contributed by atoms with Crippen LogP contribution in [-0.4, -0.2) is 34.5 Å². The van der Waals surface area contributed by atoms with Crippen molar-refractivity contribution in [3.8, 4) is 0 Å². The number of nitrogens with zero attached hydrogens (tertiary/aromatic N) is 1. The second-order valence-electron chi connectivity index (χ2n) is 5.02. The topological polar surface area (TPSA) is 86.7 Å². The van der Waals surface area contributed by atoms with Crippen molar-refractivity contribution in [2.24, 2.45) is 0 Å². The third kappa shape index (κ3) is 2.36. The summed E-state index contributed by atoms with van der Waals surface area (Å²) in [7, 11) is 0. The quantitative estimate of drug-likeness (QED) is 0.810. The number of aryl methyl sites for hydroxylation is 1. The van der Waals surface area contributed by atoms with Gasteiger partial charge in [0.05, 0.1) is 6.42 Å². The van der Waals surface area contributed by atoms with Gasteiger partial charge in [0.1, 0.15) is 5.54 Å². The first kappa shape index (κ1) is 14.0. The Morgan fingerprint density at radius 2 is 1.90 bits per heavy atom. The summed E-state index contributed by atoms with van der Waals surface area (Å²) in [5.74, 6) is -1.47. The molecular formula is C14H16N2O4. The highest BCUT2D eigenvalue weighted by Gasteiger charge is 2.48. The summed E-state index contributed by atoms with van der Waals surface area (Å²) < 4.78 is 0. The van der Waals surface area contributed by atoms with E-state index in [2.05, 4.69) is 5.32 Å². The molecule has 0 radical (unpaired) electrons. The van der Waals surface area contributed by atoms with Crippen LogP contribution in [0.2, 0.25) is 0 Å². The van der Waals surface area contributed by atoms with Crippen LogP contribution in [0.1, 0.15) is 24.5 Å². The molecular weight excluding hydrogens is 260 g/mol. The number of benzene rings is 1. The summed E-state index contributed by atoms with van der Waals surface area (Å²) in [6, 6.07) is 6.74. The Morgan fingerprint density at radius 1 is 1.30 bits per heavy atom. The number of carbonyl (C=O) groups is 3. The zero-order valence-corrected chi connectivity index (χ0v) is 11.3. The Morgan fingerprint density at radius 3 is 2.45 bits per heavy atom. The number of hydrogen-bond donors (Lipinski definition) is 2. The fraction of sp³-hybridized carbons (Fsp3) is 0.357. The van der Waals surface area contributed by atoms with E-state index in [1.54, 1.807) is 19.1 Å². The van der Waals surface area contributed by atoms with E-state index in [9.17, 15) is 14.4 Å². The minimum absolute atomic E-state index is 0.124. The van der Waals surface area contributed by atoms with E-state index in [-0.39, 0.29) is 13.0 Å². The van der Waals surface area contributed by atoms with Gasteiger partial charge in [-0.3, -0.25) is 14.5 Å². The summed E-state index contributed by atoms with van der Waals surface area (Å²) in [6.45, 7) is 3.43. The highest BCUT2D eigenvalue weighted by molar-refractivity contribution is 6.07. The lowest BCUT2D eigenvalue weighted by Gasteiger charge is -2.22. The third-order valence-electron chi connectivity index (χ3n) is 3.45. The summed E-state index contributed by atoms with van der Waals surface area (Å²) in [5, 5.41) is 11.3. The Bertz CT molecular complexity index is 567. The van der Waals surface area contributed by atoms with Crippen molar-refractivity contribution >= 4 is 17.9 Å². The molecule has 1 aliphatic heterocycles. The van der Waals surface area contributed by atoms with Crippen LogP contribution in [0, 0.1) is 6.92 Å². The maximum absolute atomic E-state index is 12.4. The molecule has 2 N–H and O–H groups in total. The molecule has 20 heavy (non-hydrogen) atoms. The van der Waals surface area contributed by atoms with Crippen molar-refractivity contribution in [3.05, 3.63) is 35.4 Å². The molecule has 1 saturated heterocycles. The number of carboxylic acid groups (broad SMARTS) is 1. The van der Waals surface area contributed by atoms with Crippen LogP contribution in [0.25, 0.3) is 0 Å². The zero-order chi connectivity index (χ0) is 14.9. The van der Waals surface area contributed by atoms with Crippen molar-refractivity contribution in [1.29, 1.82) is 0 Å². The minimum atomic E-state index is -1.14. The van der Waals surface area contributed by atoms with E-state index in [0.29, 0.717) is 5.56 Å². The fourth-order valence-electron chi connectivity index (χ4n) is 2.19. The first-order chi connectivity index (χ1) is 9.34. The molecule has 6 nitrogen and oxygen atoms in total. The third-order valence-corrected chi connectivity index (χ3v) is 3.45. The molecule has 1 unspecified atom stereocenters. The molecule has 3 amide bonds.